The molecular weight excluding hydrogens is 286 g/mol. The molecule has 1 aliphatic heterocycles. The van der Waals surface area contributed by atoms with Gasteiger partial charge >= 0.3 is 0 Å². The lowest BCUT2D eigenvalue weighted by molar-refractivity contribution is 0.249. The Labute approximate surface area is 126 Å². The van der Waals surface area contributed by atoms with Gasteiger partial charge in [0.25, 0.3) is 0 Å². The average molecular weight is 307 g/mol. The Morgan fingerprint density at radius 2 is 2.05 bits per heavy atom. The molecule has 0 bridgehead atoms. The topological polar surface area (TPSA) is 73.2 Å². The van der Waals surface area contributed by atoms with Crippen LogP contribution in [0.4, 0.5) is 0 Å². The van der Waals surface area contributed by atoms with Crippen molar-refractivity contribution >= 4 is 10.0 Å². The molecule has 21 heavy (non-hydrogen) atoms. The molecule has 6 heteroatoms. The number of nitriles is 1. The molecule has 1 fully saturated rings. The average Bonchev–Trinajstić information content (AvgIpc) is 2.49. The number of nitrogens with zero attached hydrogens (tertiary/aromatic N) is 2. The second-order valence-electron chi connectivity index (χ2n) is 5.30. The number of hydrogen-bond acceptors (Lipinski definition) is 4. The maximum absolute atomic E-state index is 12.8. The van der Waals surface area contributed by atoms with E-state index in [2.05, 4.69) is 11.4 Å². The lowest BCUT2D eigenvalue weighted by Gasteiger charge is -2.34. The second kappa shape index (κ2) is 7.03. The van der Waals surface area contributed by atoms with Gasteiger partial charge < -0.3 is 5.32 Å². The van der Waals surface area contributed by atoms with Crippen molar-refractivity contribution in [2.75, 3.05) is 20.1 Å². The minimum atomic E-state index is -3.45. The van der Waals surface area contributed by atoms with Crippen molar-refractivity contribution in [1.82, 2.24) is 9.62 Å². The zero-order valence-electron chi connectivity index (χ0n) is 12.2. The van der Waals surface area contributed by atoms with Crippen LogP contribution in [0, 0.1) is 11.3 Å². The molecule has 1 N–H and O–H groups in total. The first-order valence-electron chi connectivity index (χ1n) is 7.22. The Kier molecular flexibility index (Phi) is 5.34. The molecule has 0 amide bonds. The van der Waals surface area contributed by atoms with Gasteiger partial charge in [0, 0.05) is 19.1 Å². The minimum absolute atomic E-state index is 0.0209. The minimum Gasteiger partial charge on any atom is -0.318 e. The van der Waals surface area contributed by atoms with Crippen LogP contribution in [0.1, 0.15) is 24.8 Å². The fourth-order valence-corrected chi connectivity index (χ4v) is 4.43. The van der Waals surface area contributed by atoms with Crippen LogP contribution in [0.15, 0.2) is 29.2 Å². The molecule has 0 spiro atoms. The van der Waals surface area contributed by atoms with Gasteiger partial charge in [-0.15, -0.1) is 0 Å². The number of rotatable bonds is 5. The van der Waals surface area contributed by atoms with E-state index in [0.29, 0.717) is 24.4 Å². The summed E-state index contributed by atoms with van der Waals surface area (Å²) >= 11 is 0. The Morgan fingerprint density at radius 3 is 2.67 bits per heavy atom. The van der Waals surface area contributed by atoms with E-state index in [1.165, 1.54) is 0 Å². The van der Waals surface area contributed by atoms with E-state index < -0.39 is 10.0 Å². The van der Waals surface area contributed by atoms with Crippen LogP contribution in [0.2, 0.25) is 0 Å². The first-order valence-corrected chi connectivity index (χ1v) is 8.66. The number of piperidine rings is 1. The molecule has 1 heterocycles. The van der Waals surface area contributed by atoms with Crippen molar-refractivity contribution in [2.24, 2.45) is 0 Å². The lowest BCUT2D eigenvalue weighted by atomic mass is 10.1. The van der Waals surface area contributed by atoms with E-state index in [1.807, 2.05) is 7.05 Å². The molecule has 0 radical (unpaired) electrons. The zero-order chi connectivity index (χ0) is 15.3. The van der Waals surface area contributed by atoms with Crippen molar-refractivity contribution in [3.05, 3.63) is 29.8 Å². The predicted molar refractivity (Wildman–Crippen MR) is 81.2 cm³/mol. The molecule has 1 aromatic rings. The third kappa shape index (κ3) is 3.62. The number of nitrogens with one attached hydrogen (secondary N) is 1. The summed E-state index contributed by atoms with van der Waals surface area (Å²) in [6.45, 7) is 1.25. The van der Waals surface area contributed by atoms with Gasteiger partial charge in [0.05, 0.1) is 17.4 Å². The molecule has 114 valence electrons. The molecule has 0 aliphatic carbocycles. The molecule has 1 aromatic carbocycles. The maximum atomic E-state index is 12.8. The van der Waals surface area contributed by atoms with E-state index in [4.69, 9.17) is 5.26 Å². The largest absolute Gasteiger partial charge is 0.318 e. The van der Waals surface area contributed by atoms with Crippen molar-refractivity contribution in [3.8, 4) is 6.07 Å². The molecule has 1 atom stereocenters. The third-order valence-corrected chi connectivity index (χ3v) is 5.79. The Balaban J connectivity index is 2.25. The van der Waals surface area contributed by atoms with Gasteiger partial charge in [-0.3, -0.25) is 0 Å². The Bertz CT molecular complexity index is 603. The lowest BCUT2D eigenvalue weighted by Crippen LogP contribution is -2.47. The molecular formula is C15H21N3O2S. The van der Waals surface area contributed by atoms with Crippen molar-refractivity contribution in [1.29, 1.82) is 5.26 Å². The molecule has 0 aromatic heterocycles. The van der Waals surface area contributed by atoms with Crippen molar-refractivity contribution < 1.29 is 8.42 Å². The summed E-state index contributed by atoms with van der Waals surface area (Å²) in [5.41, 5.74) is 0.835. The van der Waals surface area contributed by atoms with E-state index >= 15 is 0 Å². The normalized spacial score (nSPS) is 20.1. The first kappa shape index (κ1) is 16.0. The van der Waals surface area contributed by atoms with Crippen LogP contribution >= 0.6 is 0 Å². The highest BCUT2D eigenvalue weighted by atomic mass is 32.2. The fourth-order valence-electron chi connectivity index (χ4n) is 2.74. The summed E-state index contributed by atoms with van der Waals surface area (Å²) in [6, 6.07) is 8.72. The van der Waals surface area contributed by atoms with Crippen LogP contribution in [0.5, 0.6) is 0 Å². The van der Waals surface area contributed by atoms with Gasteiger partial charge in [-0.2, -0.15) is 9.57 Å². The van der Waals surface area contributed by atoms with E-state index in [9.17, 15) is 8.42 Å². The molecule has 5 nitrogen and oxygen atoms in total. The fraction of sp³-hybridized carbons (Fsp3) is 0.533. The summed E-state index contributed by atoms with van der Waals surface area (Å²) in [5.74, 6) is 0. The molecule has 2 rings (SSSR count). The summed E-state index contributed by atoms with van der Waals surface area (Å²) in [4.78, 5) is 0.312. The van der Waals surface area contributed by atoms with Crippen LogP contribution in [0.25, 0.3) is 0 Å². The number of hydrogen-bond donors (Lipinski definition) is 1. The summed E-state index contributed by atoms with van der Waals surface area (Å²) < 4.78 is 27.2. The highest BCUT2D eigenvalue weighted by Gasteiger charge is 2.32. The molecule has 1 aliphatic rings. The van der Waals surface area contributed by atoms with Crippen LogP contribution in [-0.4, -0.2) is 38.9 Å². The maximum Gasteiger partial charge on any atom is 0.243 e. The standard InChI is InChI=1S/C15H21N3O2S/c1-17-12-14-4-2-3-11-18(14)21(19,20)15-7-5-13(6-8-15)9-10-16/h5-8,14,17H,2-4,9,11-12H2,1H3. The number of benzene rings is 1. The highest BCUT2D eigenvalue weighted by Crippen LogP contribution is 2.25. The molecule has 0 saturated carbocycles. The van der Waals surface area contributed by atoms with Crippen LogP contribution in [-0.2, 0) is 16.4 Å². The van der Waals surface area contributed by atoms with Gasteiger partial charge in [-0.05, 0) is 37.6 Å². The van der Waals surface area contributed by atoms with Crippen LogP contribution in [0.3, 0.4) is 0 Å². The Morgan fingerprint density at radius 1 is 1.33 bits per heavy atom. The zero-order valence-corrected chi connectivity index (χ0v) is 13.1. The SMILES string of the molecule is CNCC1CCCCN1S(=O)(=O)c1ccc(CC#N)cc1. The van der Waals surface area contributed by atoms with Gasteiger partial charge in [0.2, 0.25) is 10.0 Å². The first-order chi connectivity index (χ1) is 10.1. The third-order valence-electron chi connectivity index (χ3n) is 3.83. The molecule has 1 saturated heterocycles. The highest BCUT2D eigenvalue weighted by molar-refractivity contribution is 7.89. The quantitative estimate of drug-likeness (QED) is 0.895. The summed E-state index contributed by atoms with van der Waals surface area (Å²) in [7, 11) is -1.61. The summed E-state index contributed by atoms with van der Waals surface area (Å²) in [6.07, 6.45) is 3.17. The number of sulfonamides is 1. The monoisotopic (exact) mass is 307 g/mol. The van der Waals surface area contributed by atoms with Gasteiger partial charge in [-0.25, -0.2) is 8.42 Å². The van der Waals surface area contributed by atoms with Crippen molar-refractivity contribution in [2.45, 2.75) is 36.6 Å². The summed E-state index contributed by atoms with van der Waals surface area (Å²) in [5, 5.41) is 11.7. The van der Waals surface area contributed by atoms with E-state index in [1.54, 1.807) is 28.6 Å². The van der Waals surface area contributed by atoms with E-state index in [-0.39, 0.29) is 6.04 Å². The smallest absolute Gasteiger partial charge is 0.243 e. The molecule has 1 unspecified atom stereocenters. The van der Waals surface area contributed by atoms with Gasteiger partial charge in [0.1, 0.15) is 0 Å². The van der Waals surface area contributed by atoms with E-state index in [0.717, 1.165) is 24.8 Å². The Hall–Kier alpha value is -1.42. The predicted octanol–water partition coefficient (Wildman–Crippen LogP) is 1.52. The van der Waals surface area contributed by atoms with Crippen molar-refractivity contribution in [3.63, 3.8) is 0 Å². The number of likely N-dealkylation sites (N-methyl/N-ethyl adjacent to an activating group) is 1. The second-order valence-corrected chi connectivity index (χ2v) is 7.19. The van der Waals surface area contributed by atoms with Gasteiger partial charge in [-0.1, -0.05) is 18.6 Å². The van der Waals surface area contributed by atoms with Crippen LogP contribution < -0.4 is 5.32 Å². The van der Waals surface area contributed by atoms with Gasteiger partial charge in [0.15, 0.2) is 0 Å².